The number of allylic oxidation sites excluding steroid dienone is 1. The summed E-state index contributed by atoms with van der Waals surface area (Å²) in [5, 5.41) is 25.1. The van der Waals surface area contributed by atoms with Crippen LogP contribution in [0.3, 0.4) is 0 Å². The van der Waals surface area contributed by atoms with E-state index in [0.29, 0.717) is 5.69 Å². The molecule has 2 aromatic rings. The van der Waals surface area contributed by atoms with Crippen molar-refractivity contribution in [1.29, 1.82) is 0 Å². The molecule has 0 saturated carbocycles. The average molecular weight is 299 g/mol. The fourth-order valence-corrected chi connectivity index (χ4v) is 3.17. The zero-order valence-electron chi connectivity index (χ0n) is 12.6. The van der Waals surface area contributed by atoms with Crippen LogP contribution in [0.1, 0.15) is 29.3 Å². The average Bonchev–Trinajstić information content (AvgIpc) is 3.02. The predicted octanol–water partition coefficient (Wildman–Crippen LogP) is 2.55. The highest BCUT2D eigenvalue weighted by molar-refractivity contribution is 5.62. The molecule has 0 radical (unpaired) electrons. The molecule has 22 heavy (non-hydrogen) atoms. The maximum Gasteiger partial charge on any atom is 0.0895 e. The first-order valence-electron chi connectivity index (χ1n) is 7.24. The molecule has 1 aromatic carbocycles. The number of hydrogen-bond acceptors (Lipinski definition) is 5. The van der Waals surface area contributed by atoms with Crippen LogP contribution in [-0.4, -0.2) is 21.0 Å². The third-order valence-electron chi connectivity index (χ3n) is 4.15. The molecule has 0 bridgehead atoms. The van der Waals surface area contributed by atoms with E-state index in [-0.39, 0.29) is 22.9 Å². The lowest BCUT2D eigenvalue weighted by Gasteiger charge is -2.24. The van der Waals surface area contributed by atoms with Gasteiger partial charge >= 0.3 is 0 Å². The van der Waals surface area contributed by atoms with Crippen LogP contribution in [-0.2, 0) is 0 Å². The van der Waals surface area contributed by atoms with Crippen LogP contribution in [0.5, 0.6) is 0 Å². The summed E-state index contributed by atoms with van der Waals surface area (Å²) in [6.07, 6.45) is 4.99. The van der Waals surface area contributed by atoms with E-state index < -0.39 is 0 Å². The normalized spacial score (nSPS) is 20.6. The Balaban J connectivity index is 2.09. The van der Waals surface area contributed by atoms with Gasteiger partial charge < -0.3 is 16.2 Å². The van der Waals surface area contributed by atoms with Gasteiger partial charge in [0.2, 0.25) is 0 Å². The Hall–Kier alpha value is -2.15. The molecule has 0 spiro atoms. The Morgan fingerprint density at radius 3 is 2.68 bits per heavy atom. The van der Waals surface area contributed by atoms with E-state index in [4.69, 9.17) is 5.73 Å². The van der Waals surface area contributed by atoms with Crippen molar-refractivity contribution in [1.82, 2.24) is 9.78 Å². The highest BCUT2D eigenvalue weighted by Gasteiger charge is 2.25. The minimum atomic E-state index is -0.128. The molecule has 0 saturated heterocycles. The Kier molecular flexibility index (Phi) is 3.74. The van der Waals surface area contributed by atoms with E-state index in [1.807, 2.05) is 26.0 Å². The summed E-state index contributed by atoms with van der Waals surface area (Å²) in [5.41, 5.74) is 9.66. The molecule has 3 rings (SSSR count). The summed E-state index contributed by atoms with van der Waals surface area (Å²) < 4.78 is 1.71. The van der Waals surface area contributed by atoms with Crippen molar-refractivity contribution < 1.29 is 5.21 Å². The van der Waals surface area contributed by atoms with Gasteiger partial charge in [-0.1, -0.05) is 24.3 Å². The second kappa shape index (κ2) is 5.57. The number of para-hydroxylation sites is 2. The smallest absolute Gasteiger partial charge is 0.0895 e. The molecular weight excluding hydrogens is 280 g/mol. The molecule has 6 heteroatoms. The first-order chi connectivity index (χ1) is 10.5. The molecule has 0 fully saturated rings. The number of benzene rings is 1. The highest BCUT2D eigenvalue weighted by atomic mass is 16.8. The lowest BCUT2D eigenvalue weighted by molar-refractivity contribution is 0.296. The second-order valence-electron chi connectivity index (χ2n) is 5.65. The van der Waals surface area contributed by atoms with E-state index in [9.17, 15) is 10.4 Å². The summed E-state index contributed by atoms with van der Waals surface area (Å²) in [7, 11) is 0. The number of aryl methyl sites for hydroxylation is 1. The van der Waals surface area contributed by atoms with E-state index >= 15 is 0 Å². The van der Waals surface area contributed by atoms with Gasteiger partial charge in [0.15, 0.2) is 0 Å². The standard InChI is InChI=1S/C16H19N4O2/c1-10-16(12-7-8-13(17)9-12)11(2)19(18-10)14-5-3-4-6-15(14)20(21)22/h3-8,12-13,21H,9,17H2,1-2H3/q-1. The van der Waals surface area contributed by atoms with Crippen LogP contribution in [0, 0.1) is 19.1 Å². The van der Waals surface area contributed by atoms with E-state index in [1.165, 1.54) is 0 Å². The Morgan fingerprint density at radius 2 is 2.05 bits per heavy atom. The first-order valence-corrected chi connectivity index (χ1v) is 7.24. The summed E-state index contributed by atoms with van der Waals surface area (Å²) in [4.78, 5) is 0. The van der Waals surface area contributed by atoms with Gasteiger partial charge in [-0.2, -0.15) is 5.10 Å². The van der Waals surface area contributed by atoms with Crippen LogP contribution < -0.4 is 11.0 Å². The molecule has 3 N–H and O–H groups in total. The van der Waals surface area contributed by atoms with E-state index in [0.717, 1.165) is 23.4 Å². The van der Waals surface area contributed by atoms with Crippen molar-refractivity contribution in [3.05, 3.63) is 58.6 Å². The molecule has 1 aliphatic rings. The lowest BCUT2D eigenvalue weighted by Crippen LogP contribution is -2.15. The van der Waals surface area contributed by atoms with Crippen LogP contribution in [0.15, 0.2) is 36.4 Å². The maximum atomic E-state index is 11.3. The molecule has 6 nitrogen and oxygen atoms in total. The summed E-state index contributed by atoms with van der Waals surface area (Å²) in [6, 6.07) is 6.91. The van der Waals surface area contributed by atoms with Crippen molar-refractivity contribution in [3.8, 4) is 5.69 Å². The van der Waals surface area contributed by atoms with Crippen molar-refractivity contribution in [2.24, 2.45) is 5.73 Å². The number of rotatable bonds is 3. The Labute approximate surface area is 129 Å². The first kappa shape index (κ1) is 14.8. The van der Waals surface area contributed by atoms with Crippen LogP contribution in [0.25, 0.3) is 5.69 Å². The van der Waals surface area contributed by atoms with Gasteiger partial charge in [0.05, 0.1) is 17.1 Å². The SMILES string of the molecule is Cc1nn(-c2ccccc2N([O-])O)c(C)c1C1C=CC(N)C1. The molecule has 0 amide bonds. The minimum Gasteiger partial charge on any atom is -0.733 e. The van der Waals surface area contributed by atoms with Crippen molar-refractivity contribution in [2.45, 2.75) is 32.2 Å². The fraction of sp³-hybridized carbons (Fsp3) is 0.312. The van der Waals surface area contributed by atoms with Gasteiger partial charge in [0, 0.05) is 23.2 Å². The van der Waals surface area contributed by atoms with Gasteiger partial charge in [0.1, 0.15) is 0 Å². The molecule has 1 aliphatic carbocycles. The third kappa shape index (κ3) is 2.41. The quantitative estimate of drug-likeness (QED) is 0.671. The minimum absolute atomic E-state index is 0.0778. The van der Waals surface area contributed by atoms with E-state index in [2.05, 4.69) is 11.2 Å². The summed E-state index contributed by atoms with van der Waals surface area (Å²) >= 11 is 0. The molecule has 1 aromatic heterocycles. The van der Waals surface area contributed by atoms with Crippen molar-refractivity contribution in [2.75, 3.05) is 5.23 Å². The largest absolute Gasteiger partial charge is 0.733 e. The monoisotopic (exact) mass is 299 g/mol. The van der Waals surface area contributed by atoms with Gasteiger partial charge in [-0.05, 0) is 32.4 Å². The number of hydrogen-bond donors (Lipinski definition) is 2. The predicted molar refractivity (Wildman–Crippen MR) is 85.1 cm³/mol. The summed E-state index contributed by atoms with van der Waals surface area (Å²) in [5.74, 6) is 0.244. The maximum absolute atomic E-state index is 11.3. The van der Waals surface area contributed by atoms with Crippen LogP contribution >= 0.6 is 0 Å². The zero-order chi connectivity index (χ0) is 15.9. The molecular formula is C16H19N4O2-. The molecule has 2 unspecified atom stereocenters. The van der Waals surface area contributed by atoms with Gasteiger partial charge in [0.25, 0.3) is 0 Å². The van der Waals surface area contributed by atoms with Gasteiger partial charge in [-0.3, -0.25) is 5.21 Å². The lowest BCUT2D eigenvalue weighted by atomic mass is 9.96. The van der Waals surface area contributed by atoms with Crippen LogP contribution in [0.4, 0.5) is 5.69 Å². The molecule has 116 valence electrons. The number of nitrogens with two attached hydrogens (primary N) is 1. The number of anilines is 1. The Bertz CT molecular complexity index is 721. The third-order valence-corrected chi connectivity index (χ3v) is 4.15. The second-order valence-corrected chi connectivity index (χ2v) is 5.65. The van der Waals surface area contributed by atoms with Crippen molar-refractivity contribution >= 4 is 5.69 Å². The molecule has 1 heterocycles. The van der Waals surface area contributed by atoms with Crippen molar-refractivity contribution in [3.63, 3.8) is 0 Å². The number of nitrogens with zero attached hydrogens (tertiary/aromatic N) is 3. The Morgan fingerprint density at radius 1 is 1.32 bits per heavy atom. The van der Waals surface area contributed by atoms with Crippen LogP contribution in [0.2, 0.25) is 0 Å². The van der Waals surface area contributed by atoms with Gasteiger partial charge in [-0.15, -0.1) is 0 Å². The van der Waals surface area contributed by atoms with E-state index in [1.54, 1.807) is 22.9 Å². The number of aromatic nitrogens is 2. The summed E-state index contributed by atoms with van der Waals surface area (Å²) in [6.45, 7) is 3.92. The topological polar surface area (TPSA) is 90.4 Å². The van der Waals surface area contributed by atoms with Gasteiger partial charge in [-0.25, -0.2) is 4.68 Å². The highest BCUT2D eigenvalue weighted by Crippen LogP contribution is 2.34. The molecule has 0 aliphatic heterocycles. The molecule has 2 atom stereocenters. The zero-order valence-corrected chi connectivity index (χ0v) is 12.6. The fourth-order valence-electron chi connectivity index (χ4n) is 3.17.